The van der Waals surface area contributed by atoms with E-state index in [9.17, 15) is 39.3 Å². The first-order valence-corrected chi connectivity index (χ1v) is 12.2. The van der Waals surface area contributed by atoms with Crippen molar-refractivity contribution in [3.05, 3.63) is 68.7 Å². The fraction of sp³-hybridized carbons (Fsp3) is 0.250. The van der Waals surface area contributed by atoms with E-state index in [0.29, 0.717) is 28.0 Å². The standard InChI is InChI=1S/C8H5BrClF3.C8H6ClF3O3S.3Na.O3S/c9-4-5-3-6(8(11,12)13)1-2-7(5)10;9-7-2-1-6(8(10,11)12)3-5(7)4-16(13,14)15;;;;1-4(2)3/h1-3H,4H2;1-3H,4H2,(H,13,14,15);;;;/q;;3*+1;-2/p-1. The van der Waals surface area contributed by atoms with E-state index in [4.69, 9.17) is 36.2 Å². The molecule has 188 valence electrons. The molecule has 0 atom stereocenters. The van der Waals surface area contributed by atoms with Gasteiger partial charge in [-0.15, -0.1) is 0 Å². The molecule has 20 heteroatoms. The first kappa shape index (κ1) is 44.9. The van der Waals surface area contributed by atoms with Gasteiger partial charge in [-0.3, -0.25) is 0 Å². The normalized spacial score (nSPS) is 10.9. The van der Waals surface area contributed by atoms with Gasteiger partial charge < -0.3 is 17.5 Å². The van der Waals surface area contributed by atoms with E-state index in [0.717, 1.165) is 18.2 Å². The number of alkyl halides is 7. The zero-order valence-electron chi connectivity index (χ0n) is 18.5. The van der Waals surface area contributed by atoms with E-state index < -0.39 is 50.3 Å². The van der Waals surface area contributed by atoms with Crippen LogP contribution < -0.4 is 88.7 Å². The minimum atomic E-state index is -4.66. The minimum absolute atomic E-state index is 0. The van der Waals surface area contributed by atoms with Gasteiger partial charge in [0.15, 0.2) is 0 Å². The van der Waals surface area contributed by atoms with Gasteiger partial charge in [-0.2, -0.15) is 37.3 Å². The van der Waals surface area contributed by atoms with Crippen LogP contribution in [0.5, 0.6) is 0 Å². The van der Waals surface area contributed by atoms with Crippen molar-refractivity contribution in [2.45, 2.75) is 23.4 Å². The van der Waals surface area contributed by atoms with Crippen LogP contribution in [0, 0.1) is 0 Å². The molecule has 0 fully saturated rings. The summed E-state index contributed by atoms with van der Waals surface area (Å²) in [6.07, 6.45) is -8.91. The van der Waals surface area contributed by atoms with Gasteiger partial charge in [0.1, 0.15) is 0 Å². The van der Waals surface area contributed by atoms with Crippen LogP contribution in [0.2, 0.25) is 10.0 Å². The van der Waals surface area contributed by atoms with E-state index in [1.165, 1.54) is 6.07 Å². The molecule has 0 aliphatic rings. The first-order valence-electron chi connectivity index (χ1n) is 7.75. The Morgan fingerprint density at radius 2 is 1.11 bits per heavy atom. The van der Waals surface area contributed by atoms with E-state index in [1.54, 1.807) is 0 Å². The summed E-state index contributed by atoms with van der Waals surface area (Å²) in [5.41, 5.74) is -1.63. The minimum Gasteiger partial charge on any atom is -0.917 e. The van der Waals surface area contributed by atoms with Gasteiger partial charge in [0.25, 0.3) is 0 Å². The Kier molecular flexibility index (Phi) is 24.8. The summed E-state index contributed by atoms with van der Waals surface area (Å²) in [7, 11) is -7.77. The molecule has 0 aliphatic carbocycles. The fourth-order valence-electron chi connectivity index (χ4n) is 1.91. The molecule has 2 aromatic rings. The van der Waals surface area contributed by atoms with Crippen LogP contribution in [-0.4, -0.2) is 17.5 Å². The maximum Gasteiger partial charge on any atom is 1.00 e. The molecule has 0 N–H and O–H groups in total. The molecule has 2 rings (SSSR count). The maximum atomic E-state index is 12.3. The van der Waals surface area contributed by atoms with Crippen LogP contribution >= 0.6 is 39.1 Å². The Bertz CT molecular complexity index is 1130. The van der Waals surface area contributed by atoms with Gasteiger partial charge in [0.2, 0.25) is 0 Å². The molecule has 36 heavy (non-hydrogen) atoms. The second-order valence-corrected chi connectivity index (χ2v) is 8.84. The Labute approximate surface area is 289 Å². The molecule has 0 radical (unpaired) electrons. The largest absolute Gasteiger partial charge is 1.00 e. The Morgan fingerprint density at radius 3 is 1.39 bits per heavy atom. The molecular weight excluding hydrogens is 686 g/mol. The molecule has 0 aliphatic heterocycles. The predicted molar refractivity (Wildman–Crippen MR) is 108 cm³/mol. The number of benzene rings is 2. The summed E-state index contributed by atoms with van der Waals surface area (Å²) in [5.74, 6) is -1.06. The molecule has 0 amide bonds. The van der Waals surface area contributed by atoms with E-state index in [1.807, 2.05) is 0 Å². The summed E-state index contributed by atoms with van der Waals surface area (Å²) >= 11 is 14.2. The van der Waals surface area contributed by atoms with Gasteiger partial charge in [-0.05, 0) is 47.5 Å². The third-order valence-corrected chi connectivity index (χ3v) is 5.23. The number of hydrogen-bond acceptors (Lipinski definition) is 7. The molecule has 0 spiro atoms. The van der Waals surface area contributed by atoms with Crippen LogP contribution in [0.4, 0.5) is 26.3 Å². The van der Waals surface area contributed by atoms with Crippen molar-refractivity contribution < 1.29 is 141 Å². The van der Waals surface area contributed by atoms with Crippen molar-refractivity contribution in [3.63, 3.8) is 0 Å². The van der Waals surface area contributed by atoms with Crippen LogP contribution in [-0.2, 0) is 53.0 Å². The quantitative estimate of drug-likeness (QED) is 0.0851. The molecule has 0 saturated heterocycles. The topological polar surface area (TPSA) is 114 Å². The zero-order chi connectivity index (χ0) is 26.2. The molecule has 0 saturated carbocycles. The summed E-state index contributed by atoms with van der Waals surface area (Å²) in [4.78, 5) is 0. The predicted octanol–water partition coefficient (Wildman–Crippen LogP) is -2.90. The average Bonchev–Trinajstić information content (AvgIpc) is 2.61. The maximum absolute atomic E-state index is 12.3. The third kappa shape index (κ3) is 19.9. The van der Waals surface area contributed by atoms with Crippen LogP contribution in [0.1, 0.15) is 22.3 Å². The molecule has 0 heterocycles. The van der Waals surface area contributed by atoms with Crippen LogP contribution in [0.25, 0.3) is 0 Å². The van der Waals surface area contributed by atoms with Crippen molar-refractivity contribution in [2.24, 2.45) is 0 Å². The number of hydrogen-bond donors (Lipinski definition) is 0. The molecule has 2 aromatic carbocycles. The van der Waals surface area contributed by atoms with Crippen LogP contribution in [0.3, 0.4) is 0 Å². The molecule has 0 bridgehead atoms. The second-order valence-electron chi connectivity index (χ2n) is 5.65. The van der Waals surface area contributed by atoms with Crippen molar-refractivity contribution in [2.75, 3.05) is 0 Å². The van der Waals surface area contributed by atoms with Gasteiger partial charge >= 0.3 is 101 Å². The van der Waals surface area contributed by atoms with Crippen LogP contribution in [0.15, 0.2) is 36.4 Å². The summed E-state index contributed by atoms with van der Waals surface area (Å²) < 4.78 is 130. The van der Waals surface area contributed by atoms with Gasteiger partial charge in [-0.25, -0.2) is 8.42 Å². The van der Waals surface area contributed by atoms with Gasteiger partial charge in [-0.1, -0.05) is 39.1 Å². The van der Waals surface area contributed by atoms with Crippen molar-refractivity contribution in [3.8, 4) is 0 Å². The molecule has 0 aromatic heterocycles. The summed E-state index contributed by atoms with van der Waals surface area (Å²) in [6, 6.07) is 5.43. The third-order valence-electron chi connectivity index (χ3n) is 3.22. The SMILES string of the molecule is FC(F)(F)c1ccc(Cl)c(CBr)c1.O=S(=O)([O-])Cc1cc(C(F)(F)F)ccc1Cl.O=[S-](=O)[O-].[Na+].[Na+].[Na+]. The van der Waals surface area contributed by atoms with E-state index in [2.05, 4.69) is 15.9 Å². The second kappa shape index (κ2) is 19.9. The van der Waals surface area contributed by atoms with Gasteiger partial charge in [0.05, 0.1) is 27.0 Å². The van der Waals surface area contributed by atoms with Crippen molar-refractivity contribution >= 4 is 60.2 Å². The van der Waals surface area contributed by atoms with Gasteiger partial charge in [0, 0.05) is 15.4 Å². The average molecular weight is 696 g/mol. The Morgan fingerprint density at radius 1 is 0.806 bits per heavy atom. The Hall–Kier alpha value is 1.90. The monoisotopic (exact) mass is 694 g/mol. The smallest absolute Gasteiger partial charge is 0.917 e. The zero-order valence-corrected chi connectivity index (χ0v) is 29.3. The van der Waals surface area contributed by atoms with E-state index in [-0.39, 0.29) is 99.3 Å². The first-order chi connectivity index (χ1) is 14.8. The van der Waals surface area contributed by atoms with Crippen molar-refractivity contribution in [1.82, 2.24) is 0 Å². The number of rotatable bonds is 3. The molecule has 6 nitrogen and oxygen atoms in total. The van der Waals surface area contributed by atoms with E-state index >= 15 is 0 Å². The summed E-state index contributed by atoms with van der Waals surface area (Å²) in [5, 5.41) is 0.466. The molecule has 0 unspecified atom stereocenters. The molecular formula is C16H10BrCl2F6Na3O6S2. The van der Waals surface area contributed by atoms with Crippen molar-refractivity contribution in [1.29, 1.82) is 0 Å². The Balaban J connectivity index is -0.000000233. The summed E-state index contributed by atoms with van der Waals surface area (Å²) in [6.45, 7) is 0. The number of halogens is 9. The fourth-order valence-corrected chi connectivity index (χ4v) is 3.60.